The molecular weight excluding hydrogens is 1480 g/mol. The summed E-state index contributed by atoms with van der Waals surface area (Å²) in [7, 11) is 0. The number of aryl methyl sites for hydroxylation is 2. The molecule has 0 saturated heterocycles. The fourth-order valence-electron chi connectivity index (χ4n) is 18.1. The fourth-order valence-corrected chi connectivity index (χ4v) is 19.3. The van der Waals surface area contributed by atoms with Crippen molar-refractivity contribution in [2.75, 3.05) is 0 Å². The predicted molar refractivity (Wildman–Crippen MR) is 534 cm³/mol. The summed E-state index contributed by atoms with van der Waals surface area (Å²) in [5, 5.41) is 2.86. The van der Waals surface area contributed by atoms with Crippen molar-refractivity contribution < 1.29 is 19.1 Å². The second kappa shape index (κ2) is 89.9. The van der Waals surface area contributed by atoms with Crippen LogP contribution in [0.4, 0.5) is 0 Å². The van der Waals surface area contributed by atoms with Crippen LogP contribution >= 0.6 is 0 Å². The average molecular weight is 1690 g/mol. The Morgan fingerprint density at radius 3 is 0.630 bits per heavy atom. The summed E-state index contributed by atoms with van der Waals surface area (Å²) in [6.45, 7) is 18.4. The van der Waals surface area contributed by atoms with Gasteiger partial charge in [-0.15, -0.1) is 0 Å². The number of rotatable bonds is 88. The van der Waals surface area contributed by atoms with Gasteiger partial charge in [0.15, 0.2) is 0 Å². The van der Waals surface area contributed by atoms with E-state index < -0.39 is 0 Å². The summed E-state index contributed by atoms with van der Waals surface area (Å²) in [5.74, 6) is 14.6. The van der Waals surface area contributed by atoms with Crippen molar-refractivity contribution in [3.8, 4) is 23.7 Å². The normalized spacial score (nSPS) is 12.2. The van der Waals surface area contributed by atoms with Crippen LogP contribution in [0, 0.1) is 23.7 Å². The van der Waals surface area contributed by atoms with Gasteiger partial charge in [0.25, 0.3) is 0 Å². The summed E-state index contributed by atoms with van der Waals surface area (Å²) in [5.41, 5.74) is 24.6. The first-order chi connectivity index (χ1) is 58.9. The molecule has 0 radical (unpaired) electrons. The van der Waals surface area contributed by atoms with E-state index in [1.807, 2.05) is 14.4 Å². The molecule has 119 heavy (non-hydrogen) atoms. The number of hydrogen-bond donors (Lipinski definition) is 0. The molecule has 0 atom stereocenters. The Kier molecular flexibility index (Phi) is 84.8. The van der Waals surface area contributed by atoms with Crippen molar-refractivity contribution in [3.05, 3.63) is 86.5 Å². The van der Waals surface area contributed by atoms with Crippen LogP contribution in [-0.4, -0.2) is 4.70 Å². The van der Waals surface area contributed by atoms with Crippen LogP contribution in [0.2, 0.25) is 10.8 Å². The van der Waals surface area contributed by atoms with E-state index in [0.29, 0.717) is 0 Å². The van der Waals surface area contributed by atoms with E-state index in [-0.39, 0.29) is 0 Å². The van der Waals surface area contributed by atoms with Gasteiger partial charge in [0.2, 0.25) is 11.4 Å². The second-order valence-electron chi connectivity index (χ2n) is 37.8. The maximum absolute atomic E-state index is 12.8. The summed E-state index contributed by atoms with van der Waals surface area (Å²) in [4.78, 5) is 0. The molecular formula is C116H206N2Ni. The third-order valence-electron chi connectivity index (χ3n) is 26.0. The molecule has 0 fully saturated rings. The van der Waals surface area contributed by atoms with Crippen LogP contribution in [0.5, 0.6) is 0 Å². The van der Waals surface area contributed by atoms with Gasteiger partial charge >= 0.3 is 167 Å². The van der Waals surface area contributed by atoms with Crippen molar-refractivity contribution in [2.24, 2.45) is 0 Å². The number of benzene rings is 2. The van der Waals surface area contributed by atoms with Crippen molar-refractivity contribution in [1.82, 2.24) is 0 Å². The zero-order valence-electron chi connectivity index (χ0n) is 81.9. The molecule has 0 N–H and O–H groups in total. The third kappa shape index (κ3) is 68.1. The molecule has 0 saturated carbocycles. The van der Waals surface area contributed by atoms with E-state index in [9.17, 15) is 5.53 Å². The molecule has 2 aromatic rings. The van der Waals surface area contributed by atoms with E-state index in [1.54, 1.807) is 4.70 Å². The van der Waals surface area contributed by atoms with Gasteiger partial charge in [-0.3, -0.25) is 0 Å². The van der Waals surface area contributed by atoms with Crippen LogP contribution in [0.15, 0.2) is 47.5 Å². The molecule has 0 amide bonds. The Bertz CT molecular complexity index is 2580. The third-order valence-corrected chi connectivity index (χ3v) is 27.4. The fraction of sp³-hybridized carbons (Fsp3) is 0.828. The van der Waals surface area contributed by atoms with Gasteiger partial charge in [0.1, 0.15) is 0 Å². The van der Waals surface area contributed by atoms with Crippen LogP contribution in [0.25, 0.3) is 16.9 Å². The summed E-state index contributed by atoms with van der Waals surface area (Å²) in [6.07, 6.45) is 118. The Labute approximate surface area is 753 Å². The van der Waals surface area contributed by atoms with Gasteiger partial charge in [0.05, 0.1) is 0 Å². The Hall–Kier alpha value is -2.87. The van der Waals surface area contributed by atoms with E-state index >= 15 is 0 Å². The van der Waals surface area contributed by atoms with Crippen LogP contribution in [-0.2, 0) is 27.3 Å². The number of allylic oxidation sites excluding steroid dienone is 2. The molecule has 2 nitrogen and oxygen atoms in total. The molecule has 3 heteroatoms. The SMILES string of the molecule is CCCCCCCCCCCCCCCCCCCCCCCCCCCCC#Cc1cc(C#CCCCCCCCCCCCCCCCCCCCCCCCCCCCC)cc(C2=C(CCCC)C(CCCC)=C(c3cc(CCCC)cc(CCCC)c3)[N+]2=[N-])c1.CCCCCCCCCCC[CH2][Ni][CH2]CCCCCCCCCCC. The predicted octanol–water partition coefficient (Wildman–Crippen LogP) is 41.5. The Balaban J connectivity index is 0.00000164. The van der Waals surface area contributed by atoms with Gasteiger partial charge in [-0.25, -0.2) is 4.70 Å². The van der Waals surface area contributed by atoms with E-state index in [4.69, 9.17) is 0 Å². The van der Waals surface area contributed by atoms with E-state index in [0.717, 1.165) is 92.3 Å². The second-order valence-corrected chi connectivity index (χ2v) is 39.3. The average Bonchev–Trinajstić information content (AvgIpc) is 1.60. The Morgan fingerprint density at radius 1 is 0.210 bits per heavy atom. The van der Waals surface area contributed by atoms with Gasteiger partial charge in [-0.2, -0.15) is 0 Å². The molecule has 0 aromatic heterocycles. The van der Waals surface area contributed by atoms with Gasteiger partial charge in [0, 0.05) is 46.2 Å². The van der Waals surface area contributed by atoms with E-state index in [1.165, 1.54) is 527 Å². The molecule has 1 heterocycles. The maximum atomic E-state index is 12.8. The molecule has 0 aliphatic carbocycles. The molecule has 3 rings (SSSR count). The van der Waals surface area contributed by atoms with E-state index in [2.05, 4.69) is 115 Å². The first kappa shape index (κ1) is 112. The molecule has 690 valence electrons. The number of nitrogens with zero attached hydrogens (tertiary/aromatic N) is 2. The van der Waals surface area contributed by atoms with Crippen molar-refractivity contribution in [1.29, 1.82) is 0 Å². The van der Waals surface area contributed by atoms with Gasteiger partial charge in [-0.05, 0) is 106 Å². The minimum atomic E-state index is 0.933. The molecule has 1 aliphatic rings. The topological polar surface area (TPSA) is 25.3 Å². The number of unbranched alkanes of at least 4 members (excludes halogenated alkanes) is 74. The van der Waals surface area contributed by atoms with Crippen LogP contribution < -0.4 is 0 Å². The van der Waals surface area contributed by atoms with Crippen molar-refractivity contribution in [2.45, 2.75) is 618 Å². The van der Waals surface area contributed by atoms with Crippen LogP contribution in [0.1, 0.15) is 628 Å². The van der Waals surface area contributed by atoms with Crippen LogP contribution in [0.3, 0.4) is 0 Å². The zero-order valence-corrected chi connectivity index (χ0v) is 82.9. The summed E-state index contributed by atoms with van der Waals surface area (Å²) < 4.78 is 1.62. The monoisotopic (exact) mass is 1690 g/mol. The summed E-state index contributed by atoms with van der Waals surface area (Å²) >= 11 is 2.03. The minimum absolute atomic E-state index is 0.933. The zero-order chi connectivity index (χ0) is 85.4. The quantitative estimate of drug-likeness (QED) is 0.0273. The van der Waals surface area contributed by atoms with Crippen molar-refractivity contribution >= 4 is 11.4 Å². The Morgan fingerprint density at radius 2 is 0.403 bits per heavy atom. The molecule has 1 aliphatic heterocycles. The molecule has 0 bridgehead atoms. The molecule has 0 spiro atoms. The standard InChI is InChI=1S/C92H156N2.2C12H25.Ni/c1-7-13-19-21-23-25-27-29-31-33-35-37-39-41-43-45-47-49-51-53-55-57-59-61-63-65-67-69-73-85-78-86(74-70-68-66-64-62-60-58-56-54-52-50-48-46-44-42-40-38-36-34-32-30-28-26-24-22-20-14-8-2)82-88(81-85)92-90(76-18-12-6)89(75-17-11-5)91(94(92)93)87-79-83(71-15-9-3)77-84(80-87)72-16-10-4;2*1-3-5-7-9-11-12-10-8-6-4-2;/h77-82H,7-68,71-72,75-76H2,1-6H3;2*1,3-12H2,2H3;. The van der Waals surface area contributed by atoms with Crippen molar-refractivity contribution in [3.63, 3.8) is 0 Å². The molecule has 2 aromatic carbocycles. The van der Waals surface area contributed by atoms with Gasteiger partial charge < -0.3 is 5.53 Å². The summed E-state index contributed by atoms with van der Waals surface area (Å²) in [6, 6.07) is 14.0. The van der Waals surface area contributed by atoms with Gasteiger partial charge in [-0.1, -0.05) is 418 Å². The molecule has 0 unspecified atom stereocenters. The first-order valence-corrected chi connectivity index (χ1v) is 56.0. The number of hydrogen-bond acceptors (Lipinski definition) is 0. The first-order valence-electron chi connectivity index (χ1n) is 54.6.